The van der Waals surface area contributed by atoms with Crippen molar-refractivity contribution in [3.05, 3.63) is 35.1 Å². The molecule has 0 aliphatic carbocycles. The molecule has 84 valence electrons. The molecule has 0 saturated heterocycles. The van der Waals surface area contributed by atoms with E-state index in [1.54, 1.807) is 22.6 Å². The largest absolute Gasteiger partial charge is 0.505 e. The Morgan fingerprint density at radius 1 is 1.50 bits per heavy atom. The van der Waals surface area contributed by atoms with Crippen LogP contribution in [0.3, 0.4) is 0 Å². The van der Waals surface area contributed by atoms with Gasteiger partial charge in [-0.3, -0.25) is 0 Å². The van der Waals surface area contributed by atoms with Gasteiger partial charge in [-0.2, -0.15) is 5.10 Å². The summed E-state index contributed by atoms with van der Waals surface area (Å²) in [6.45, 7) is 2.11. The molecule has 0 radical (unpaired) electrons. The average molecular weight is 299 g/mol. The number of thioether (sulfide) groups is 1. The first kappa shape index (κ1) is 11.5. The Balaban J connectivity index is 2.47. The molecule has 2 rings (SSSR count). The lowest BCUT2D eigenvalue weighted by atomic mass is 10.3. The minimum absolute atomic E-state index is 0.176. The van der Waals surface area contributed by atoms with Crippen LogP contribution in [0.4, 0.5) is 0 Å². The molecule has 1 N–H and O–H groups in total. The lowest BCUT2D eigenvalue weighted by Gasteiger charge is -2.08. The molecule has 2 aromatic rings. The van der Waals surface area contributed by atoms with Crippen molar-refractivity contribution in [2.45, 2.75) is 11.8 Å². The number of hydrogen-bond acceptors (Lipinski definition) is 3. The first-order valence-corrected chi connectivity index (χ1v) is 6.65. The van der Waals surface area contributed by atoms with Crippen LogP contribution in [-0.2, 0) is 0 Å². The fraction of sp³-hybridized carbons (Fsp3) is 0.182. The number of hydrogen-bond donors (Lipinski definition) is 1. The maximum Gasteiger partial charge on any atom is 0.153 e. The van der Waals surface area contributed by atoms with E-state index in [2.05, 4.69) is 34.0 Å². The van der Waals surface area contributed by atoms with Gasteiger partial charge in [0, 0.05) is 9.37 Å². The van der Waals surface area contributed by atoms with Crippen LogP contribution in [0, 0.1) is 0 Å². The van der Waals surface area contributed by atoms with Gasteiger partial charge in [0.25, 0.3) is 0 Å². The summed E-state index contributed by atoms with van der Waals surface area (Å²) in [5.41, 5.74) is 0.982. The topological polar surface area (TPSA) is 38.0 Å². The van der Waals surface area contributed by atoms with Gasteiger partial charge in [-0.25, -0.2) is 4.68 Å². The first-order valence-electron chi connectivity index (χ1n) is 4.87. The lowest BCUT2D eigenvalue weighted by Crippen LogP contribution is -1.96. The fourth-order valence-corrected chi connectivity index (χ4v) is 2.74. The van der Waals surface area contributed by atoms with Crippen LogP contribution in [0.1, 0.15) is 6.92 Å². The van der Waals surface area contributed by atoms with E-state index in [-0.39, 0.29) is 5.75 Å². The highest BCUT2D eigenvalue weighted by Gasteiger charge is 2.07. The standard InChI is InChI=1S/C11H11BrN2OS/c1-2-16-11-5-8(12)3-4-10(11)14-7-9(15)6-13-14/h3-7,15H,2H2,1H3. The molecule has 0 fully saturated rings. The van der Waals surface area contributed by atoms with Gasteiger partial charge in [0.1, 0.15) is 0 Å². The van der Waals surface area contributed by atoms with Crippen molar-refractivity contribution in [1.29, 1.82) is 0 Å². The van der Waals surface area contributed by atoms with Gasteiger partial charge in [-0.05, 0) is 24.0 Å². The molecule has 16 heavy (non-hydrogen) atoms. The third-order valence-corrected chi connectivity index (χ3v) is 3.46. The molecule has 0 bridgehead atoms. The van der Waals surface area contributed by atoms with Crippen LogP contribution in [0.15, 0.2) is 40.0 Å². The molecule has 1 aromatic carbocycles. The highest BCUT2D eigenvalue weighted by atomic mass is 79.9. The van der Waals surface area contributed by atoms with E-state index in [4.69, 9.17) is 0 Å². The van der Waals surface area contributed by atoms with Crippen molar-refractivity contribution >= 4 is 27.7 Å². The minimum atomic E-state index is 0.176. The van der Waals surface area contributed by atoms with Crippen LogP contribution in [-0.4, -0.2) is 20.6 Å². The van der Waals surface area contributed by atoms with E-state index in [1.807, 2.05) is 12.1 Å². The zero-order chi connectivity index (χ0) is 11.5. The predicted molar refractivity (Wildman–Crippen MR) is 69.3 cm³/mol. The molecule has 1 heterocycles. The highest BCUT2D eigenvalue weighted by molar-refractivity contribution is 9.10. The molecule has 3 nitrogen and oxygen atoms in total. The van der Waals surface area contributed by atoms with E-state index in [0.29, 0.717) is 0 Å². The fourth-order valence-electron chi connectivity index (χ4n) is 1.39. The summed E-state index contributed by atoms with van der Waals surface area (Å²) in [7, 11) is 0. The summed E-state index contributed by atoms with van der Waals surface area (Å²) in [4.78, 5) is 1.14. The van der Waals surface area contributed by atoms with Gasteiger partial charge >= 0.3 is 0 Å². The van der Waals surface area contributed by atoms with Crippen LogP contribution >= 0.6 is 27.7 Å². The quantitative estimate of drug-likeness (QED) is 0.882. The van der Waals surface area contributed by atoms with Gasteiger partial charge in [-0.15, -0.1) is 11.8 Å². The average Bonchev–Trinajstić information content (AvgIpc) is 2.65. The molecule has 1 aromatic heterocycles. The van der Waals surface area contributed by atoms with Crippen LogP contribution < -0.4 is 0 Å². The van der Waals surface area contributed by atoms with Gasteiger partial charge in [0.15, 0.2) is 5.75 Å². The van der Waals surface area contributed by atoms with Crippen LogP contribution in [0.25, 0.3) is 5.69 Å². The number of benzene rings is 1. The zero-order valence-electron chi connectivity index (χ0n) is 8.72. The van der Waals surface area contributed by atoms with Crippen LogP contribution in [0.5, 0.6) is 5.75 Å². The van der Waals surface area contributed by atoms with Crippen molar-refractivity contribution < 1.29 is 5.11 Å². The maximum atomic E-state index is 9.29. The Morgan fingerprint density at radius 3 is 2.94 bits per heavy atom. The Hall–Kier alpha value is -0.940. The molecule has 0 saturated carbocycles. The molecular weight excluding hydrogens is 288 g/mol. The van der Waals surface area contributed by atoms with Gasteiger partial charge < -0.3 is 5.11 Å². The molecule has 5 heteroatoms. The van der Waals surface area contributed by atoms with Gasteiger partial charge in [0.2, 0.25) is 0 Å². The minimum Gasteiger partial charge on any atom is -0.505 e. The lowest BCUT2D eigenvalue weighted by molar-refractivity contribution is 0.475. The molecule has 0 atom stereocenters. The Bertz CT molecular complexity index is 498. The molecule has 0 spiro atoms. The first-order chi connectivity index (χ1) is 7.70. The Labute approximate surface area is 107 Å². The van der Waals surface area contributed by atoms with E-state index in [0.717, 1.165) is 20.8 Å². The summed E-state index contributed by atoms with van der Waals surface area (Å²) in [5.74, 6) is 1.17. The number of aromatic hydroxyl groups is 1. The second kappa shape index (κ2) is 4.93. The summed E-state index contributed by atoms with van der Waals surface area (Å²) in [6, 6.07) is 6.00. The molecule has 0 unspecified atom stereocenters. The summed E-state index contributed by atoms with van der Waals surface area (Å²) in [5, 5.41) is 13.4. The number of nitrogens with zero attached hydrogens (tertiary/aromatic N) is 2. The second-order valence-electron chi connectivity index (χ2n) is 3.19. The second-order valence-corrected chi connectivity index (χ2v) is 5.41. The molecular formula is C11H11BrN2OS. The van der Waals surface area contributed by atoms with Crippen molar-refractivity contribution in [1.82, 2.24) is 9.78 Å². The normalized spacial score (nSPS) is 10.6. The third kappa shape index (κ3) is 2.41. The van der Waals surface area contributed by atoms with Gasteiger partial charge in [-0.1, -0.05) is 22.9 Å². The predicted octanol–water partition coefficient (Wildman–Crippen LogP) is 3.45. The van der Waals surface area contributed by atoms with Crippen molar-refractivity contribution in [2.24, 2.45) is 0 Å². The number of aromatic nitrogens is 2. The van der Waals surface area contributed by atoms with E-state index in [9.17, 15) is 5.11 Å². The Morgan fingerprint density at radius 2 is 2.31 bits per heavy atom. The van der Waals surface area contributed by atoms with Crippen molar-refractivity contribution in [3.8, 4) is 11.4 Å². The van der Waals surface area contributed by atoms with Crippen molar-refractivity contribution in [3.63, 3.8) is 0 Å². The Kier molecular flexibility index (Phi) is 3.56. The summed E-state index contributed by atoms with van der Waals surface area (Å²) >= 11 is 5.20. The SMILES string of the molecule is CCSc1cc(Br)ccc1-n1cc(O)cn1. The van der Waals surface area contributed by atoms with E-state index >= 15 is 0 Å². The zero-order valence-corrected chi connectivity index (χ0v) is 11.1. The molecule has 0 aliphatic heterocycles. The monoisotopic (exact) mass is 298 g/mol. The van der Waals surface area contributed by atoms with Crippen molar-refractivity contribution in [2.75, 3.05) is 5.75 Å². The number of halogens is 1. The summed E-state index contributed by atoms with van der Waals surface area (Å²) in [6.07, 6.45) is 3.03. The maximum absolute atomic E-state index is 9.29. The van der Waals surface area contributed by atoms with E-state index < -0.39 is 0 Å². The number of rotatable bonds is 3. The smallest absolute Gasteiger partial charge is 0.153 e. The third-order valence-electron chi connectivity index (χ3n) is 2.04. The van der Waals surface area contributed by atoms with Crippen LogP contribution in [0.2, 0.25) is 0 Å². The molecule has 0 aliphatic rings. The van der Waals surface area contributed by atoms with E-state index in [1.165, 1.54) is 6.20 Å². The summed E-state index contributed by atoms with van der Waals surface area (Å²) < 4.78 is 2.73. The molecule has 0 amide bonds. The van der Waals surface area contributed by atoms with Gasteiger partial charge in [0.05, 0.1) is 18.1 Å². The highest BCUT2D eigenvalue weighted by Crippen LogP contribution is 2.29.